The number of aryl methyl sites for hydroxylation is 1. The van der Waals surface area contributed by atoms with E-state index in [4.69, 9.17) is 0 Å². The van der Waals surface area contributed by atoms with Crippen LogP contribution in [0.3, 0.4) is 0 Å². The van der Waals surface area contributed by atoms with Gasteiger partial charge < -0.3 is 10.6 Å². The maximum Gasteiger partial charge on any atom is 0.243 e. The molecule has 3 nitrogen and oxygen atoms in total. The fourth-order valence-corrected chi connectivity index (χ4v) is 1.66. The fraction of sp³-hybridized carbons (Fsp3) is 0.133. The number of carbonyl (C=O) groups is 1. The second-order valence-electron chi connectivity index (χ2n) is 4.38. The molecule has 0 aliphatic rings. The summed E-state index contributed by atoms with van der Waals surface area (Å²) in [6.07, 6.45) is 0. The number of anilines is 2. The van der Waals surface area contributed by atoms with Gasteiger partial charge in [-0.15, -0.1) is 0 Å². The summed E-state index contributed by atoms with van der Waals surface area (Å²) in [5.41, 5.74) is 1.44. The number of benzene rings is 2. The van der Waals surface area contributed by atoms with E-state index in [0.29, 0.717) is 16.9 Å². The van der Waals surface area contributed by atoms with Crippen LogP contribution in [0.5, 0.6) is 0 Å². The third kappa shape index (κ3) is 3.78. The van der Waals surface area contributed by atoms with E-state index in [1.54, 1.807) is 25.1 Å². The molecule has 2 aromatic carbocycles. The van der Waals surface area contributed by atoms with Gasteiger partial charge in [0.25, 0.3) is 0 Å². The molecule has 0 heterocycles. The predicted molar refractivity (Wildman–Crippen MR) is 74.7 cm³/mol. The molecule has 0 atom stereocenters. The Balaban J connectivity index is 1.90. The Morgan fingerprint density at radius 1 is 1.10 bits per heavy atom. The van der Waals surface area contributed by atoms with Crippen molar-refractivity contribution in [2.45, 2.75) is 6.92 Å². The molecule has 0 aromatic heterocycles. The molecule has 0 saturated heterocycles. The van der Waals surface area contributed by atoms with E-state index >= 15 is 0 Å². The van der Waals surface area contributed by atoms with E-state index in [1.807, 2.05) is 0 Å². The topological polar surface area (TPSA) is 41.1 Å². The van der Waals surface area contributed by atoms with Gasteiger partial charge in [-0.2, -0.15) is 0 Å². The number of carbonyl (C=O) groups excluding carboxylic acids is 1. The van der Waals surface area contributed by atoms with Crippen LogP contribution in [0.25, 0.3) is 0 Å². The summed E-state index contributed by atoms with van der Waals surface area (Å²) in [6, 6.07) is 10.3. The summed E-state index contributed by atoms with van der Waals surface area (Å²) in [4.78, 5) is 11.7. The molecule has 20 heavy (non-hydrogen) atoms. The van der Waals surface area contributed by atoms with E-state index < -0.39 is 5.82 Å². The Morgan fingerprint density at radius 2 is 1.90 bits per heavy atom. The SMILES string of the molecule is Cc1ccc(NCC(=O)Nc2cccc(F)c2)cc1F. The zero-order chi connectivity index (χ0) is 14.5. The molecule has 5 heteroatoms. The zero-order valence-electron chi connectivity index (χ0n) is 10.9. The first-order valence-corrected chi connectivity index (χ1v) is 6.10. The van der Waals surface area contributed by atoms with Gasteiger partial charge in [0.1, 0.15) is 11.6 Å². The molecule has 2 aromatic rings. The monoisotopic (exact) mass is 276 g/mol. The van der Waals surface area contributed by atoms with Gasteiger partial charge in [-0.1, -0.05) is 12.1 Å². The highest BCUT2D eigenvalue weighted by atomic mass is 19.1. The van der Waals surface area contributed by atoms with Gasteiger partial charge in [-0.3, -0.25) is 4.79 Å². The molecular formula is C15H14F2N2O. The lowest BCUT2D eigenvalue weighted by Crippen LogP contribution is -2.21. The maximum absolute atomic E-state index is 13.3. The van der Waals surface area contributed by atoms with Crippen molar-refractivity contribution in [3.05, 3.63) is 59.7 Å². The number of halogens is 2. The van der Waals surface area contributed by atoms with Crippen LogP contribution in [-0.2, 0) is 4.79 Å². The Bertz CT molecular complexity index is 629. The lowest BCUT2D eigenvalue weighted by molar-refractivity contribution is -0.114. The Kier molecular flexibility index (Phi) is 4.30. The molecule has 0 unspecified atom stereocenters. The Hall–Kier alpha value is -2.43. The van der Waals surface area contributed by atoms with Gasteiger partial charge in [-0.25, -0.2) is 8.78 Å². The summed E-state index contributed by atoms with van der Waals surface area (Å²) >= 11 is 0. The normalized spacial score (nSPS) is 10.2. The minimum absolute atomic E-state index is 0.0288. The molecule has 1 amide bonds. The number of hydrogen-bond acceptors (Lipinski definition) is 2. The van der Waals surface area contributed by atoms with Gasteiger partial charge in [-0.05, 0) is 42.8 Å². The van der Waals surface area contributed by atoms with Crippen molar-refractivity contribution in [3.8, 4) is 0 Å². The van der Waals surface area contributed by atoms with Crippen LogP contribution < -0.4 is 10.6 Å². The highest BCUT2D eigenvalue weighted by molar-refractivity contribution is 5.93. The zero-order valence-corrected chi connectivity index (χ0v) is 10.9. The van der Waals surface area contributed by atoms with Crippen molar-refractivity contribution in [1.29, 1.82) is 0 Å². The van der Waals surface area contributed by atoms with Gasteiger partial charge in [0, 0.05) is 11.4 Å². The summed E-state index contributed by atoms with van der Waals surface area (Å²) in [5, 5.41) is 5.35. The molecule has 0 saturated carbocycles. The molecule has 0 aliphatic heterocycles. The molecule has 0 aliphatic carbocycles. The number of nitrogens with one attached hydrogen (secondary N) is 2. The van der Waals surface area contributed by atoms with Crippen LogP contribution in [0.15, 0.2) is 42.5 Å². The molecule has 2 rings (SSSR count). The van der Waals surface area contributed by atoms with Crippen molar-refractivity contribution in [3.63, 3.8) is 0 Å². The van der Waals surface area contributed by atoms with E-state index in [1.165, 1.54) is 24.3 Å². The molecule has 0 radical (unpaired) electrons. The molecule has 104 valence electrons. The van der Waals surface area contributed by atoms with Crippen molar-refractivity contribution in [1.82, 2.24) is 0 Å². The molecular weight excluding hydrogens is 262 g/mol. The second-order valence-corrected chi connectivity index (χ2v) is 4.38. The quantitative estimate of drug-likeness (QED) is 0.899. The lowest BCUT2D eigenvalue weighted by Gasteiger charge is -2.08. The minimum atomic E-state index is -0.420. The lowest BCUT2D eigenvalue weighted by atomic mass is 10.2. The minimum Gasteiger partial charge on any atom is -0.376 e. The summed E-state index contributed by atoms with van der Waals surface area (Å²) < 4.78 is 26.3. The third-order valence-corrected chi connectivity index (χ3v) is 2.73. The van der Waals surface area contributed by atoms with E-state index in [-0.39, 0.29) is 18.3 Å². The van der Waals surface area contributed by atoms with Crippen LogP contribution in [0.1, 0.15) is 5.56 Å². The van der Waals surface area contributed by atoms with Gasteiger partial charge in [0.05, 0.1) is 6.54 Å². The molecule has 0 bridgehead atoms. The first kappa shape index (κ1) is 14.0. The van der Waals surface area contributed by atoms with Gasteiger partial charge in [0.15, 0.2) is 0 Å². The van der Waals surface area contributed by atoms with Crippen LogP contribution in [-0.4, -0.2) is 12.5 Å². The average Bonchev–Trinajstić information content (AvgIpc) is 2.40. The van der Waals surface area contributed by atoms with E-state index in [2.05, 4.69) is 10.6 Å². The maximum atomic E-state index is 13.3. The molecule has 0 spiro atoms. The largest absolute Gasteiger partial charge is 0.376 e. The number of hydrogen-bond donors (Lipinski definition) is 2. The smallest absolute Gasteiger partial charge is 0.243 e. The predicted octanol–water partition coefficient (Wildman–Crippen LogP) is 3.32. The van der Waals surface area contributed by atoms with Crippen LogP contribution in [0, 0.1) is 18.6 Å². The van der Waals surface area contributed by atoms with E-state index in [9.17, 15) is 13.6 Å². The standard InChI is InChI=1S/C15H14F2N2O/c1-10-5-6-12(8-14(10)17)18-9-15(20)19-13-4-2-3-11(16)7-13/h2-8,18H,9H2,1H3,(H,19,20). The summed E-state index contributed by atoms with van der Waals surface area (Å²) in [7, 11) is 0. The van der Waals surface area contributed by atoms with Crippen LogP contribution in [0.2, 0.25) is 0 Å². The first-order valence-electron chi connectivity index (χ1n) is 6.10. The van der Waals surface area contributed by atoms with Gasteiger partial charge >= 0.3 is 0 Å². The fourth-order valence-electron chi connectivity index (χ4n) is 1.66. The second kappa shape index (κ2) is 6.14. The van der Waals surface area contributed by atoms with Crippen LogP contribution in [0.4, 0.5) is 20.2 Å². The number of rotatable bonds is 4. The highest BCUT2D eigenvalue weighted by Crippen LogP contribution is 2.13. The third-order valence-electron chi connectivity index (χ3n) is 2.73. The average molecular weight is 276 g/mol. The number of amides is 1. The Morgan fingerprint density at radius 3 is 2.60 bits per heavy atom. The van der Waals surface area contributed by atoms with Crippen molar-refractivity contribution in [2.75, 3.05) is 17.2 Å². The summed E-state index contributed by atoms with van der Waals surface area (Å²) in [5.74, 6) is -1.09. The highest BCUT2D eigenvalue weighted by Gasteiger charge is 2.04. The van der Waals surface area contributed by atoms with E-state index in [0.717, 1.165) is 0 Å². The van der Waals surface area contributed by atoms with Crippen molar-refractivity contribution >= 4 is 17.3 Å². The first-order chi connectivity index (χ1) is 9.54. The Labute approximate surface area is 115 Å². The molecule has 2 N–H and O–H groups in total. The van der Waals surface area contributed by atoms with Crippen molar-refractivity contribution < 1.29 is 13.6 Å². The van der Waals surface area contributed by atoms with Gasteiger partial charge in [0.2, 0.25) is 5.91 Å². The molecule has 0 fully saturated rings. The van der Waals surface area contributed by atoms with Crippen LogP contribution >= 0.6 is 0 Å². The summed E-state index contributed by atoms with van der Waals surface area (Å²) in [6.45, 7) is 1.63. The van der Waals surface area contributed by atoms with Crippen molar-refractivity contribution in [2.24, 2.45) is 0 Å².